The number of aryl methyl sites for hydroxylation is 1. The first kappa shape index (κ1) is 15.6. The SMILES string of the molecule is COc1cc2c(-c3cc4cccnc4[nH]3)cn(C)c2cc1OC(C)C. The molecule has 0 spiro atoms. The molecule has 0 saturated heterocycles. The first-order valence-corrected chi connectivity index (χ1v) is 8.34. The van der Waals surface area contributed by atoms with Gasteiger partial charge in [0.1, 0.15) is 5.65 Å². The van der Waals surface area contributed by atoms with E-state index in [-0.39, 0.29) is 6.10 Å². The normalized spacial score (nSPS) is 11.6. The molecule has 25 heavy (non-hydrogen) atoms. The Labute approximate surface area is 146 Å². The zero-order chi connectivity index (χ0) is 17.6. The summed E-state index contributed by atoms with van der Waals surface area (Å²) in [6.45, 7) is 4.02. The van der Waals surface area contributed by atoms with Crippen LogP contribution in [0.5, 0.6) is 11.5 Å². The maximum absolute atomic E-state index is 5.91. The molecule has 128 valence electrons. The Morgan fingerprint density at radius 2 is 2.00 bits per heavy atom. The number of aromatic amines is 1. The zero-order valence-corrected chi connectivity index (χ0v) is 14.8. The molecule has 0 atom stereocenters. The Kier molecular flexibility index (Phi) is 3.64. The van der Waals surface area contributed by atoms with Crippen molar-refractivity contribution in [1.29, 1.82) is 0 Å². The van der Waals surface area contributed by atoms with E-state index in [0.717, 1.165) is 44.7 Å². The first-order chi connectivity index (χ1) is 12.1. The number of rotatable bonds is 4. The van der Waals surface area contributed by atoms with Crippen LogP contribution in [0.15, 0.2) is 42.7 Å². The Morgan fingerprint density at radius 3 is 2.72 bits per heavy atom. The third-order valence-corrected chi connectivity index (χ3v) is 4.32. The summed E-state index contributed by atoms with van der Waals surface area (Å²) in [4.78, 5) is 7.79. The second-order valence-corrected chi connectivity index (χ2v) is 6.46. The Hall–Kier alpha value is -2.95. The summed E-state index contributed by atoms with van der Waals surface area (Å²) in [5, 5.41) is 2.21. The first-order valence-electron chi connectivity index (χ1n) is 8.34. The van der Waals surface area contributed by atoms with E-state index in [9.17, 15) is 0 Å². The molecule has 0 aliphatic rings. The van der Waals surface area contributed by atoms with Crippen LogP contribution in [0, 0.1) is 0 Å². The molecule has 0 unspecified atom stereocenters. The van der Waals surface area contributed by atoms with Crippen LogP contribution in [0.25, 0.3) is 33.2 Å². The number of methoxy groups -OCH3 is 1. The maximum Gasteiger partial charge on any atom is 0.163 e. The topological polar surface area (TPSA) is 52.1 Å². The average molecular weight is 335 g/mol. The minimum atomic E-state index is 0.0888. The van der Waals surface area contributed by atoms with Gasteiger partial charge in [0, 0.05) is 47.5 Å². The summed E-state index contributed by atoms with van der Waals surface area (Å²) in [5.41, 5.74) is 4.14. The summed E-state index contributed by atoms with van der Waals surface area (Å²) in [6, 6.07) is 10.2. The lowest BCUT2D eigenvalue weighted by Crippen LogP contribution is -2.06. The van der Waals surface area contributed by atoms with Crippen molar-refractivity contribution in [3.8, 4) is 22.8 Å². The van der Waals surface area contributed by atoms with Gasteiger partial charge in [-0.2, -0.15) is 0 Å². The highest BCUT2D eigenvalue weighted by atomic mass is 16.5. The van der Waals surface area contributed by atoms with Gasteiger partial charge in [-0.25, -0.2) is 4.98 Å². The molecule has 0 aliphatic heterocycles. The second kappa shape index (κ2) is 5.84. The Balaban J connectivity index is 1.92. The van der Waals surface area contributed by atoms with Crippen molar-refractivity contribution in [2.75, 3.05) is 7.11 Å². The molecule has 1 N–H and O–H groups in total. The van der Waals surface area contributed by atoms with E-state index in [1.54, 1.807) is 13.3 Å². The third-order valence-electron chi connectivity index (χ3n) is 4.32. The summed E-state index contributed by atoms with van der Waals surface area (Å²) in [6.07, 6.45) is 4.00. The molecule has 5 nitrogen and oxygen atoms in total. The smallest absolute Gasteiger partial charge is 0.163 e. The minimum absolute atomic E-state index is 0.0888. The number of nitrogens with one attached hydrogen (secondary N) is 1. The van der Waals surface area contributed by atoms with Crippen LogP contribution in [0.4, 0.5) is 0 Å². The van der Waals surface area contributed by atoms with E-state index in [1.807, 2.05) is 39.1 Å². The number of aromatic nitrogens is 3. The molecule has 4 aromatic rings. The summed E-state index contributed by atoms with van der Waals surface area (Å²) in [5.74, 6) is 1.50. The third kappa shape index (κ3) is 2.61. The van der Waals surface area contributed by atoms with E-state index in [2.05, 4.69) is 32.9 Å². The monoisotopic (exact) mass is 335 g/mol. The summed E-state index contributed by atoms with van der Waals surface area (Å²) >= 11 is 0. The van der Waals surface area contributed by atoms with Crippen molar-refractivity contribution in [1.82, 2.24) is 14.5 Å². The van der Waals surface area contributed by atoms with Gasteiger partial charge in [0.2, 0.25) is 0 Å². The predicted octanol–water partition coefficient (Wildman–Crippen LogP) is 4.52. The number of fused-ring (bicyclic) bond motifs is 2. The number of benzene rings is 1. The van der Waals surface area contributed by atoms with Crippen LogP contribution in [0.1, 0.15) is 13.8 Å². The van der Waals surface area contributed by atoms with Crippen LogP contribution in [-0.2, 0) is 7.05 Å². The molecule has 3 aromatic heterocycles. The van der Waals surface area contributed by atoms with Crippen LogP contribution < -0.4 is 9.47 Å². The van der Waals surface area contributed by atoms with Gasteiger partial charge < -0.3 is 19.0 Å². The molecular weight excluding hydrogens is 314 g/mol. The molecule has 0 amide bonds. The summed E-state index contributed by atoms with van der Waals surface area (Å²) in [7, 11) is 3.71. The number of nitrogens with zero attached hydrogens (tertiary/aromatic N) is 2. The molecular formula is C20H21N3O2. The maximum atomic E-state index is 5.91. The molecule has 5 heteroatoms. The lowest BCUT2D eigenvalue weighted by atomic mass is 10.1. The van der Waals surface area contributed by atoms with Crippen molar-refractivity contribution in [3.05, 3.63) is 42.7 Å². The number of H-pyrrole nitrogens is 1. The lowest BCUT2D eigenvalue weighted by Gasteiger charge is -2.14. The molecule has 0 fully saturated rings. The number of hydrogen-bond donors (Lipinski definition) is 1. The van der Waals surface area contributed by atoms with Gasteiger partial charge in [0.25, 0.3) is 0 Å². The number of hydrogen-bond acceptors (Lipinski definition) is 3. The van der Waals surface area contributed by atoms with E-state index in [0.29, 0.717) is 0 Å². The summed E-state index contributed by atoms with van der Waals surface area (Å²) < 4.78 is 13.6. The van der Waals surface area contributed by atoms with Crippen molar-refractivity contribution >= 4 is 21.9 Å². The minimum Gasteiger partial charge on any atom is -0.493 e. The van der Waals surface area contributed by atoms with Crippen LogP contribution >= 0.6 is 0 Å². The van der Waals surface area contributed by atoms with Gasteiger partial charge in [-0.3, -0.25) is 0 Å². The quantitative estimate of drug-likeness (QED) is 0.597. The largest absolute Gasteiger partial charge is 0.493 e. The molecule has 1 aromatic carbocycles. The molecule has 0 radical (unpaired) electrons. The van der Waals surface area contributed by atoms with Crippen molar-refractivity contribution < 1.29 is 9.47 Å². The number of ether oxygens (including phenoxy) is 2. The van der Waals surface area contributed by atoms with Crippen LogP contribution in [0.3, 0.4) is 0 Å². The highest BCUT2D eigenvalue weighted by Crippen LogP contribution is 2.38. The van der Waals surface area contributed by atoms with Gasteiger partial charge in [0.05, 0.1) is 18.7 Å². The van der Waals surface area contributed by atoms with Gasteiger partial charge in [-0.15, -0.1) is 0 Å². The van der Waals surface area contributed by atoms with E-state index in [1.165, 1.54) is 0 Å². The highest BCUT2D eigenvalue weighted by Gasteiger charge is 2.16. The fourth-order valence-corrected chi connectivity index (χ4v) is 3.21. The van der Waals surface area contributed by atoms with Gasteiger partial charge in [-0.05, 0) is 38.1 Å². The lowest BCUT2D eigenvalue weighted by molar-refractivity contribution is 0.230. The van der Waals surface area contributed by atoms with Gasteiger partial charge >= 0.3 is 0 Å². The van der Waals surface area contributed by atoms with Crippen LogP contribution in [0.2, 0.25) is 0 Å². The predicted molar refractivity (Wildman–Crippen MR) is 100 cm³/mol. The van der Waals surface area contributed by atoms with E-state index in [4.69, 9.17) is 9.47 Å². The van der Waals surface area contributed by atoms with Crippen molar-refractivity contribution in [3.63, 3.8) is 0 Å². The Morgan fingerprint density at radius 1 is 1.16 bits per heavy atom. The molecule has 3 heterocycles. The number of pyridine rings is 1. The fraction of sp³-hybridized carbons (Fsp3) is 0.250. The van der Waals surface area contributed by atoms with Crippen LogP contribution in [-0.4, -0.2) is 27.7 Å². The fourth-order valence-electron chi connectivity index (χ4n) is 3.21. The molecule has 0 aliphatic carbocycles. The van der Waals surface area contributed by atoms with E-state index >= 15 is 0 Å². The molecule has 0 saturated carbocycles. The van der Waals surface area contributed by atoms with Crippen molar-refractivity contribution in [2.24, 2.45) is 7.05 Å². The van der Waals surface area contributed by atoms with E-state index < -0.39 is 0 Å². The molecule has 4 rings (SSSR count). The highest BCUT2D eigenvalue weighted by molar-refractivity contribution is 5.99. The molecule has 0 bridgehead atoms. The second-order valence-electron chi connectivity index (χ2n) is 6.46. The van der Waals surface area contributed by atoms with Gasteiger partial charge in [-0.1, -0.05) is 0 Å². The average Bonchev–Trinajstić information content (AvgIpc) is 3.15. The van der Waals surface area contributed by atoms with Crippen molar-refractivity contribution in [2.45, 2.75) is 20.0 Å². The standard InChI is InChI=1S/C20H21N3O2/c1-12(2)25-19-10-17-14(9-18(19)24-4)15(11-23(17)3)16-8-13-6-5-7-21-20(13)22-16/h5-12H,1-4H3,(H,21,22). The van der Waals surface area contributed by atoms with Gasteiger partial charge in [0.15, 0.2) is 11.5 Å². The Bertz CT molecular complexity index is 1030. The zero-order valence-electron chi connectivity index (χ0n) is 14.8.